The number of nitrogens with one attached hydrogen (secondary N) is 1. The number of thioether (sulfide) groups is 1. The topological polar surface area (TPSA) is 126 Å². The molecule has 16 heavy (non-hydrogen) atoms. The summed E-state index contributed by atoms with van der Waals surface area (Å²) in [6.07, 6.45) is 0. The van der Waals surface area contributed by atoms with E-state index in [1.165, 1.54) is 6.07 Å². The zero-order valence-corrected chi connectivity index (χ0v) is 9.57. The third-order valence-corrected chi connectivity index (χ3v) is 3.67. The second kappa shape index (κ2) is 3.99. The molecule has 1 aliphatic rings. The van der Waals surface area contributed by atoms with Crippen LogP contribution in [0.15, 0.2) is 16.5 Å². The van der Waals surface area contributed by atoms with Crippen molar-refractivity contribution in [3.05, 3.63) is 17.9 Å². The van der Waals surface area contributed by atoms with Crippen molar-refractivity contribution in [2.75, 3.05) is 0 Å². The molecule has 2 unspecified atom stereocenters. The largest absolute Gasteiger partial charge is 0.451 e. The average Bonchev–Trinajstić information content (AvgIpc) is 2.70. The van der Waals surface area contributed by atoms with Gasteiger partial charge in [0.1, 0.15) is 17.3 Å². The summed E-state index contributed by atoms with van der Waals surface area (Å²) in [5.74, 6) is 0.156. The SMILES string of the molecule is NC1NC(c2ccc(P(=O)(O)O)o2)C(=O)S1. The molecule has 1 aromatic rings. The molecule has 0 radical (unpaired) electrons. The maximum absolute atomic E-state index is 11.4. The molecule has 0 aliphatic carbocycles. The van der Waals surface area contributed by atoms with Gasteiger partial charge in [-0.3, -0.25) is 14.7 Å². The fraction of sp³-hybridized carbons (Fsp3) is 0.286. The summed E-state index contributed by atoms with van der Waals surface area (Å²) in [7, 11) is -4.42. The Labute approximate surface area is 94.5 Å². The van der Waals surface area contributed by atoms with Crippen LogP contribution in [-0.2, 0) is 9.36 Å². The van der Waals surface area contributed by atoms with Crippen LogP contribution in [0.25, 0.3) is 0 Å². The summed E-state index contributed by atoms with van der Waals surface area (Å²) in [5.41, 5.74) is 4.50. The first-order valence-electron chi connectivity index (χ1n) is 4.26. The monoisotopic (exact) mass is 264 g/mol. The molecule has 0 spiro atoms. The molecule has 1 aliphatic heterocycles. The van der Waals surface area contributed by atoms with E-state index in [4.69, 9.17) is 19.9 Å². The number of carbonyl (C=O) groups is 1. The lowest BCUT2D eigenvalue weighted by Gasteiger charge is -2.05. The fourth-order valence-corrected chi connectivity index (χ4v) is 2.58. The van der Waals surface area contributed by atoms with Crippen LogP contribution in [0.1, 0.15) is 11.8 Å². The minimum atomic E-state index is -4.42. The van der Waals surface area contributed by atoms with Crippen LogP contribution in [0.4, 0.5) is 0 Å². The second-order valence-electron chi connectivity index (χ2n) is 3.18. The van der Waals surface area contributed by atoms with Crippen LogP contribution in [0, 0.1) is 0 Å². The summed E-state index contributed by atoms with van der Waals surface area (Å²) in [6, 6.07) is 1.75. The van der Waals surface area contributed by atoms with Gasteiger partial charge < -0.3 is 19.9 Å². The van der Waals surface area contributed by atoms with E-state index in [1.807, 2.05) is 0 Å². The van der Waals surface area contributed by atoms with Gasteiger partial charge in [0.2, 0.25) is 10.6 Å². The van der Waals surface area contributed by atoms with E-state index < -0.39 is 24.6 Å². The van der Waals surface area contributed by atoms with Crippen molar-refractivity contribution in [2.24, 2.45) is 5.73 Å². The number of carbonyl (C=O) groups excluding carboxylic acids is 1. The lowest BCUT2D eigenvalue weighted by molar-refractivity contribution is -0.112. The molecular formula is C7H9N2O5PS. The highest BCUT2D eigenvalue weighted by Crippen LogP contribution is 2.36. The number of hydrogen-bond acceptors (Lipinski definition) is 6. The first-order chi connectivity index (χ1) is 7.38. The highest BCUT2D eigenvalue weighted by atomic mass is 32.2. The maximum Gasteiger partial charge on any atom is 0.391 e. The van der Waals surface area contributed by atoms with E-state index in [0.717, 1.165) is 17.8 Å². The highest BCUT2D eigenvalue weighted by molar-refractivity contribution is 8.14. The molecule has 7 nitrogen and oxygen atoms in total. The molecular weight excluding hydrogens is 255 g/mol. The molecule has 1 aromatic heterocycles. The van der Waals surface area contributed by atoms with Gasteiger partial charge in [-0.05, 0) is 12.1 Å². The van der Waals surface area contributed by atoms with Gasteiger partial charge in [-0.15, -0.1) is 0 Å². The third-order valence-electron chi connectivity index (χ3n) is 1.99. The Bertz CT molecular complexity index is 469. The summed E-state index contributed by atoms with van der Waals surface area (Å²) in [5, 5.41) is 2.49. The van der Waals surface area contributed by atoms with E-state index in [-0.39, 0.29) is 10.9 Å². The molecule has 0 aromatic carbocycles. The average molecular weight is 264 g/mol. The lowest BCUT2D eigenvalue weighted by atomic mass is 10.2. The van der Waals surface area contributed by atoms with Crippen molar-refractivity contribution in [2.45, 2.75) is 11.5 Å². The van der Waals surface area contributed by atoms with Crippen LogP contribution >= 0.6 is 19.4 Å². The molecule has 1 saturated heterocycles. The quantitative estimate of drug-likeness (QED) is 0.513. The van der Waals surface area contributed by atoms with E-state index in [1.54, 1.807) is 0 Å². The van der Waals surface area contributed by atoms with Crippen LogP contribution in [0.3, 0.4) is 0 Å². The van der Waals surface area contributed by atoms with Gasteiger partial charge in [0.25, 0.3) is 0 Å². The number of rotatable bonds is 2. The van der Waals surface area contributed by atoms with Gasteiger partial charge in [-0.25, -0.2) is 0 Å². The number of nitrogens with two attached hydrogens (primary N) is 1. The molecule has 9 heteroatoms. The summed E-state index contributed by atoms with van der Waals surface area (Å²) in [6.45, 7) is 0. The molecule has 2 atom stereocenters. The van der Waals surface area contributed by atoms with Crippen molar-refractivity contribution < 1.29 is 23.6 Å². The molecule has 0 amide bonds. The van der Waals surface area contributed by atoms with Crippen molar-refractivity contribution >= 4 is 30.0 Å². The first kappa shape index (κ1) is 11.8. The van der Waals surface area contributed by atoms with Gasteiger partial charge >= 0.3 is 7.60 Å². The number of furan rings is 1. The lowest BCUT2D eigenvalue weighted by Crippen LogP contribution is -2.30. The number of hydrogen-bond donors (Lipinski definition) is 4. The van der Waals surface area contributed by atoms with Gasteiger partial charge in [0.15, 0.2) is 0 Å². The highest BCUT2D eigenvalue weighted by Gasteiger charge is 2.35. The van der Waals surface area contributed by atoms with E-state index >= 15 is 0 Å². The van der Waals surface area contributed by atoms with Gasteiger partial charge in [0, 0.05) is 0 Å². The summed E-state index contributed by atoms with van der Waals surface area (Å²) >= 11 is 0.914. The van der Waals surface area contributed by atoms with E-state index in [2.05, 4.69) is 5.32 Å². The fourth-order valence-electron chi connectivity index (χ4n) is 1.31. The van der Waals surface area contributed by atoms with Gasteiger partial charge in [0.05, 0.1) is 0 Å². The van der Waals surface area contributed by atoms with Crippen molar-refractivity contribution in [1.29, 1.82) is 0 Å². The van der Waals surface area contributed by atoms with Crippen molar-refractivity contribution in [3.8, 4) is 0 Å². The standard InChI is InChI=1S/C7H9N2O5PS/c8-7-9-5(6(10)16-7)3-1-2-4(14-3)15(11,12)13/h1-2,5,7,9H,8H2,(H2,11,12,13). The minimum absolute atomic E-state index is 0.156. The predicted octanol–water partition coefficient (Wildman–Crippen LogP) is -0.771. The second-order valence-corrected chi connectivity index (χ2v) is 5.85. The van der Waals surface area contributed by atoms with Crippen LogP contribution in [0.5, 0.6) is 0 Å². The third kappa shape index (κ3) is 2.22. The van der Waals surface area contributed by atoms with Crippen molar-refractivity contribution in [3.63, 3.8) is 0 Å². The van der Waals surface area contributed by atoms with Crippen LogP contribution in [-0.4, -0.2) is 20.4 Å². The predicted molar refractivity (Wildman–Crippen MR) is 56.8 cm³/mol. The molecule has 2 rings (SSSR count). The van der Waals surface area contributed by atoms with E-state index in [9.17, 15) is 9.36 Å². The Morgan fingerprint density at radius 1 is 1.50 bits per heavy atom. The molecule has 0 saturated carbocycles. The Balaban J connectivity index is 2.26. The Kier molecular flexibility index (Phi) is 2.95. The van der Waals surface area contributed by atoms with Gasteiger partial charge in [-0.1, -0.05) is 11.8 Å². The van der Waals surface area contributed by atoms with Crippen LogP contribution < -0.4 is 16.6 Å². The summed E-state index contributed by atoms with van der Waals surface area (Å²) in [4.78, 5) is 29.1. The zero-order chi connectivity index (χ0) is 11.9. The molecule has 1 fully saturated rings. The maximum atomic E-state index is 11.4. The Morgan fingerprint density at radius 3 is 2.62 bits per heavy atom. The summed E-state index contributed by atoms with van der Waals surface area (Å²) < 4.78 is 15.8. The van der Waals surface area contributed by atoms with E-state index in [0.29, 0.717) is 0 Å². The molecule has 2 heterocycles. The minimum Gasteiger partial charge on any atom is -0.451 e. The van der Waals surface area contributed by atoms with Crippen molar-refractivity contribution in [1.82, 2.24) is 5.32 Å². The molecule has 0 bridgehead atoms. The molecule has 88 valence electrons. The zero-order valence-electron chi connectivity index (χ0n) is 7.86. The normalized spacial score (nSPS) is 26.3. The Hall–Kier alpha value is -0.630. The Morgan fingerprint density at radius 2 is 2.19 bits per heavy atom. The molecule has 5 N–H and O–H groups in total. The van der Waals surface area contributed by atoms with Gasteiger partial charge in [-0.2, -0.15) is 0 Å². The van der Waals surface area contributed by atoms with Crippen LogP contribution in [0.2, 0.25) is 0 Å². The first-order valence-corrected chi connectivity index (χ1v) is 6.75. The smallest absolute Gasteiger partial charge is 0.391 e.